The molecule has 0 amide bonds. The molecule has 0 N–H and O–H groups in total. The fraction of sp³-hybridized carbons (Fsp3) is 0.167. The van der Waals surface area contributed by atoms with Crippen molar-refractivity contribution in [2.24, 2.45) is 0 Å². The van der Waals surface area contributed by atoms with Crippen LogP contribution in [-0.2, 0) is 9.59 Å². The second-order valence-corrected chi connectivity index (χ2v) is 3.37. The van der Waals surface area contributed by atoms with Crippen LogP contribution in [0.25, 0.3) is 0 Å². The third-order valence-electron chi connectivity index (χ3n) is 1.78. The molecule has 0 saturated carbocycles. The van der Waals surface area contributed by atoms with Crippen LogP contribution in [0.4, 0.5) is 8.78 Å². The summed E-state index contributed by atoms with van der Waals surface area (Å²) in [6.07, 6.45) is 0.978. The van der Waals surface area contributed by atoms with Gasteiger partial charge in [-0.25, -0.2) is 9.59 Å². The molecule has 18 heavy (non-hydrogen) atoms. The van der Waals surface area contributed by atoms with Gasteiger partial charge in [0.25, 0.3) is 0 Å². The van der Waals surface area contributed by atoms with Gasteiger partial charge < -0.3 is 9.47 Å². The summed E-state index contributed by atoms with van der Waals surface area (Å²) in [5.41, 5.74) is 0. The monoisotopic (exact) mass is 256 g/mol. The van der Waals surface area contributed by atoms with Gasteiger partial charge in [0.1, 0.15) is 11.5 Å². The van der Waals surface area contributed by atoms with Gasteiger partial charge in [-0.2, -0.15) is 8.78 Å². The normalized spacial score (nSPS) is 10.6. The van der Waals surface area contributed by atoms with Crippen LogP contribution in [0.15, 0.2) is 36.9 Å². The van der Waals surface area contributed by atoms with E-state index in [1.807, 2.05) is 0 Å². The molecule has 0 aliphatic heterocycles. The number of ether oxygens (including phenoxy) is 2. The Morgan fingerprint density at radius 1 is 1.17 bits per heavy atom. The molecular formula is C12H10F2O4. The van der Waals surface area contributed by atoms with Gasteiger partial charge in [-0.05, 0) is 24.3 Å². The van der Waals surface area contributed by atoms with Crippen LogP contribution in [0, 0.1) is 0 Å². The van der Waals surface area contributed by atoms with Crippen LogP contribution in [0.2, 0.25) is 0 Å². The summed E-state index contributed by atoms with van der Waals surface area (Å²) < 4.78 is 34.2. The number of alkyl halides is 2. The maximum absolute atomic E-state index is 12.5. The Balaban J connectivity index is 2.69. The van der Waals surface area contributed by atoms with Crippen LogP contribution in [-0.4, -0.2) is 17.9 Å². The molecule has 1 aromatic rings. The number of carbonyl (C=O) groups is 2. The summed E-state index contributed by atoms with van der Waals surface area (Å²) in [4.78, 5) is 21.7. The molecule has 0 bridgehead atoms. The minimum absolute atomic E-state index is 0.0695. The number of hydrogen-bond donors (Lipinski definition) is 0. The Morgan fingerprint density at radius 2 is 1.61 bits per heavy atom. The van der Waals surface area contributed by atoms with Crippen molar-refractivity contribution in [1.82, 2.24) is 0 Å². The van der Waals surface area contributed by atoms with Gasteiger partial charge in [0.15, 0.2) is 0 Å². The number of benzene rings is 1. The predicted octanol–water partition coefficient (Wildman–Crippen LogP) is 2.34. The Bertz CT molecular complexity index is 460. The zero-order valence-corrected chi connectivity index (χ0v) is 9.48. The molecule has 1 rings (SSSR count). The van der Waals surface area contributed by atoms with E-state index in [1.54, 1.807) is 0 Å². The van der Waals surface area contributed by atoms with Crippen molar-refractivity contribution in [3.63, 3.8) is 0 Å². The van der Waals surface area contributed by atoms with Gasteiger partial charge in [-0.15, -0.1) is 0 Å². The Morgan fingerprint density at radius 3 is 2.00 bits per heavy atom. The highest BCUT2D eigenvalue weighted by Gasteiger charge is 2.34. The number of hydrogen-bond acceptors (Lipinski definition) is 4. The minimum atomic E-state index is -3.56. The molecule has 0 heterocycles. The Hall–Kier alpha value is -2.24. The Labute approximate surface area is 102 Å². The van der Waals surface area contributed by atoms with E-state index in [2.05, 4.69) is 11.3 Å². The highest BCUT2D eigenvalue weighted by atomic mass is 19.3. The third-order valence-corrected chi connectivity index (χ3v) is 1.78. The lowest BCUT2D eigenvalue weighted by molar-refractivity contribution is -0.158. The zero-order valence-electron chi connectivity index (χ0n) is 9.48. The summed E-state index contributed by atoms with van der Waals surface area (Å²) in [5.74, 6) is -5.75. The van der Waals surface area contributed by atoms with Crippen LogP contribution < -0.4 is 9.47 Å². The summed E-state index contributed by atoms with van der Waals surface area (Å²) in [6.45, 7) is 3.65. The van der Waals surface area contributed by atoms with Crippen LogP contribution >= 0.6 is 0 Å². The molecule has 6 heteroatoms. The van der Waals surface area contributed by atoms with Crippen molar-refractivity contribution in [3.05, 3.63) is 36.9 Å². The SMILES string of the molecule is C=CC(=O)Oc1ccc(OC(=O)C(C)(F)F)cc1. The van der Waals surface area contributed by atoms with Gasteiger partial charge in [-0.3, -0.25) is 0 Å². The zero-order chi connectivity index (χ0) is 13.8. The van der Waals surface area contributed by atoms with Crippen molar-refractivity contribution in [2.45, 2.75) is 12.8 Å². The van der Waals surface area contributed by atoms with E-state index in [0.717, 1.165) is 6.08 Å². The lowest BCUT2D eigenvalue weighted by atomic mass is 10.3. The van der Waals surface area contributed by atoms with E-state index >= 15 is 0 Å². The lowest BCUT2D eigenvalue weighted by Crippen LogP contribution is -2.29. The van der Waals surface area contributed by atoms with Crippen molar-refractivity contribution in [3.8, 4) is 11.5 Å². The molecule has 0 atom stereocenters. The van der Waals surface area contributed by atoms with Gasteiger partial charge in [0, 0.05) is 13.0 Å². The van der Waals surface area contributed by atoms with Gasteiger partial charge in [-0.1, -0.05) is 6.58 Å². The number of rotatable bonds is 4. The van der Waals surface area contributed by atoms with Crippen LogP contribution in [0.5, 0.6) is 11.5 Å². The number of halogens is 2. The first-order valence-electron chi connectivity index (χ1n) is 4.87. The average Bonchev–Trinajstić information content (AvgIpc) is 2.30. The van der Waals surface area contributed by atoms with E-state index in [9.17, 15) is 18.4 Å². The maximum Gasteiger partial charge on any atom is 0.382 e. The quantitative estimate of drug-likeness (QED) is 0.471. The summed E-state index contributed by atoms with van der Waals surface area (Å²) >= 11 is 0. The molecule has 0 unspecified atom stereocenters. The smallest absolute Gasteiger partial charge is 0.382 e. The van der Waals surface area contributed by atoms with Gasteiger partial charge in [0.2, 0.25) is 0 Å². The Kier molecular flexibility index (Phi) is 4.14. The highest BCUT2D eigenvalue weighted by Crippen LogP contribution is 2.21. The first kappa shape index (κ1) is 13.8. The fourth-order valence-corrected chi connectivity index (χ4v) is 0.930. The standard InChI is InChI=1S/C12H10F2O4/c1-3-10(15)17-8-4-6-9(7-5-8)18-11(16)12(2,13)14/h3-7H,1H2,2H3. The molecule has 0 saturated heterocycles. The van der Waals surface area contributed by atoms with Crippen molar-refractivity contribution < 1.29 is 27.8 Å². The van der Waals surface area contributed by atoms with Crippen LogP contribution in [0.3, 0.4) is 0 Å². The van der Waals surface area contributed by atoms with E-state index in [1.165, 1.54) is 24.3 Å². The second-order valence-electron chi connectivity index (χ2n) is 3.37. The van der Waals surface area contributed by atoms with Crippen LogP contribution in [0.1, 0.15) is 6.92 Å². The summed E-state index contributed by atoms with van der Waals surface area (Å²) in [7, 11) is 0. The van der Waals surface area contributed by atoms with Gasteiger partial charge >= 0.3 is 17.9 Å². The topological polar surface area (TPSA) is 52.6 Å². The van der Waals surface area contributed by atoms with E-state index in [-0.39, 0.29) is 11.5 Å². The van der Waals surface area contributed by atoms with Crippen molar-refractivity contribution in [1.29, 1.82) is 0 Å². The molecule has 96 valence electrons. The average molecular weight is 256 g/mol. The second kappa shape index (κ2) is 5.39. The molecule has 0 spiro atoms. The molecule has 1 aromatic carbocycles. The predicted molar refractivity (Wildman–Crippen MR) is 58.5 cm³/mol. The summed E-state index contributed by atoms with van der Waals surface area (Å²) in [6, 6.07) is 5.07. The van der Waals surface area contributed by atoms with Crippen molar-refractivity contribution in [2.75, 3.05) is 0 Å². The molecule has 0 aromatic heterocycles. The molecule has 0 fully saturated rings. The minimum Gasteiger partial charge on any atom is -0.423 e. The first-order chi connectivity index (χ1) is 8.32. The molecular weight excluding hydrogens is 246 g/mol. The maximum atomic E-state index is 12.5. The largest absolute Gasteiger partial charge is 0.423 e. The molecule has 0 aliphatic rings. The van der Waals surface area contributed by atoms with E-state index < -0.39 is 17.9 Å². The summed E-state index contributed by atoms with van der Waals surface area (Å²) in [5, 5.41) is 0. The number of carbonyl (C=O) groups excluding carboxylic acids is 2. The molecule has 0 aliphatic carbocycles. The van der Waals surface area contributed by atoms with E-state index in [4.69, 9.17) is 4.74 Å². The molecule has 0 radical (unpaired) electrons. The van der Waals surface area contributed by atoms with E-state index in [0.29, 0.717) is 6.92 Å². The fourth-order valence-electron chi connectivity index (χ4n) is 0.930. The van der Waals surface area contributed by atoms with Gasteiger partial charge in [0.05, 0.1) is 0 Å². The van der Waals surface area contributed by atoms with Crippen molar-refractivity contribution >= 4 is 11.9 Å². The number of esters is 2. The highest BCUT2D eigenvalue weighted by molar-refractivity contribution is 5.83. The first-order valence-corrected chi connectivity index (χ1v) is 4.87. The molecule has 4 nitrogen and oxygen atoms in total. The lowest BCUT2D eigenvalue weighted by Gasteiger charge is -2.09. The third kappa shape index (κ3) is 3.97.